The maximum Gasteiger partial charge on any atom is 0.416 e. The van der Waals surface area contributed by atoms with Gasteiger partial charge in [-0.05, 0) is 42.5 Å². The summed E-state index contributed by atoms with van der Waals surface area (Å²) in [7, 11) is -4.25. The molecule has 0 heterocycles. The van der Waals surface area contributed by atoms with Crippen LogP contribution < -0.4 is 5.32 Å². The highest BCUT2D eigenvalue weighted by atomic mass is 32.2. The van der Waals surface area contributed by atoms with Gasteiger partial charge < -0.3 is 5.32 Å². The summed E-state index contributed by atoms with van der Waals surface area (Å²) in [6.07, 6.45) is -4.55. The summed E-state index contributed by atoms with van der Waals surface area (Å²) in [5, 5.41) is 2.64. The first-order valence-electron chi connectivity index (χ1n) is 8.25. The standard InChI is InChI=1S/C20H14F4N2O2S/c21-16-9-11-18(12-10-16)29(27,28)26-19(14-5-2-1-3-6-14)25-17-8-4-7-15(13-17)20(22,23)24/h1-13H,(H,25,26). The highest BCUT2D eigenvalue weighted by Crippen LogP contribution is 2.30. The Morgan fingerprint density at radius 1 is 0.862 bits per heavy atom. The van der Waals surface area contributed by atoms with E-state index in [0.29, 0.717) is 5.56 Å². The summed E-state index contributed by atoms with van der Waals surface area (Å²) >= 11 is 0. The summed E-state index contributed by atoms with van der Waals surface area (Å²) < 4.78 is 81.0. The lowest BCUT2D eigenvalue weighted by Crippen LogP contribution is -2.17. The molecule has 4 nitrogen and oxygen atoms in total. The fraction of sp³-hybridized carbons (Fsp3) is 0.0500. The molecule has 0 spiro atoms. The number of alkyl halides is 3. The Bertz CT molecular complexity index is 1130. The molecule has 9 heteroatoms. The number of halogens is 4. The topological polar surface area (TPSA) is 58.5 Å². The van der Waals surface area contributed by atoms with E-state index in [1.807, 2.05) is 0 Å². The van der Waals surface area contributed by atoms with E-state index in [4.69, 9.17) is 0 Å². The van der Waals surface area contributed by atoms with Gasteiger partial charge in [-0.25, -0.2) is 4.39 Å². The molecule has 0 aromatic heterocycles. The van der Waals surface area contributed by atoms with Gasteiger partial charge in [0.25, 0.3) is 10.0 Å². The van der Waals surface area contributed by atoms with Crippen LogP contribution in [0.1, 0.15) is 11.1 Å². The molecule has 0 saturated heterocycles. The quantitative estimate of drug-likeness (QED) is 0.362. The minimum atomic E-state index is -4.55. The Balaban J connectivity index is 2.05. The van der Waals surface area contributed by atoms with Gasteiger partial charge in [0.05, 0.1) is 10.5 Å². The number of hydrogen-bond donors (Lipinski definition) is 1. The summed E-state index contributed by atoms with van der Waals surface area (Å²) in [6, 6.07) is 16.4. The maximum absolute atomic E-state index is 13.1. The molecule has 0 fully saturated rings. The van der Waals surface area contributed by atoms with Crippen LogP contribution in [-0.4, -0.2) is 14.3 Å². The summed E-state index contributed by atoms with van der Waals surface area (Å²) in [6.45, 7) is 0. The second kappa shape index (κ2) is 8.04. The molecule has 1 N–H and O–H groups in total. The fourth-order valence-electron chi connectivity index (χ4n) is 2.43. The fourth-order valence-corrected chi connectivity index (χ4v) is 3.41. The molecule has 0 saturated carbocycles. The van der Waals surface area contributed by atoms with Crippen molar-refractivity contribution in [2.24, 2.45) is 4.40 Å². The Labute approximate surface area is 164 Å². The van der Waals surface area contributed by atoms with Crippen LogP contribution in [0.4, 0.5) is 23.2 Å². The number of nitrogens with one attached hydrogen (secondary N) is 1. The molecule has 29 heavy (non-hydrogen) atoms. The summed E-state index contributed by atoms with van der Waals surface area (Å²) in [5.41, 5.74) is -0.538. The van der Waals surface area contributed by atoms with Crippen LogP contribution in [-0.2, 0) is 16.2 Å². The summed E-state index contributed by atoms with van der Waals surface area (Å²) in [5.74, 6) is -0.785. The summed E-state index contributed by atoms with van der Waals surface area (Å²) in [4.78, 5) is -0.252. The van der Waals surface area contributed by atoms with Crippen LogP contribution in [0.3, 0.4) is 0 Å². The first-order valence-corrected chi connectivity index (χ1v) is 9.69. The number of hydrogen-bond acceptors (Lipinski definition) is 2. The van der Waals surface area contributed by atoms with Gasteiger partial charge in [0.15, 0.2) is 5.84 Å². The molecule has 0 radical (unpaired) electrons. The van der Waals surface area contributed by atoms with E-state index in [0.717, 1.165) is 36.4 Å². The van der Waals surface area contributed by atoms with Crippen molar-refractivity contribution in [3.8, 4) is 0 Å². The SMILES string of the molecule is O=S(=O)(/N=C(\Nc1cccc(C(F)(F)F)c1)c1ccccc1)c1ccc(F)cc1. The molecule has 3 rings (SSSR count). The largest absolute Gasteiger partial charge is 0.416 e. The van der Waals surface area contributed by atoms with Crippen molar-refractivity contribution in [1.82, 2.24) is 0 Å². The predicted octanol–water partition coefficient (Wildman–Crippen LogP) is 5.09. The van der Waals surface area contributed by atoms with E-state index in [2.05, 4.69) is 9.71 Å². The van der Waals surface area contributed by atoms with Crippen LogP contribution in [0, 0.1) is 5.82 Å². The van der Waals surface area contributed by atoms with Gasteiger partial charge >= 0.3 is 6.18 Å². The number of anilines is 1. The second-order valence-corrected chi connectivity index (χ2v) is 7.54. The molecule has 0 bridgehead atoms. The Hall–Kier alpha value is -3.20. The van der Waals surface area contributed by atoms with Crippen molar-refractivity contribution >= 4 is 21.5 Å². The molecular weight excluding hydrogens is 408 g/mol. The van der Waals surface area contributed by atoms with E-state index >= 15 is 0 Å². The predicted molar refractivity (Wildman–Crippen MR) is 102 cm³/mol. The van der Waals surface area contributed by atoms with Gasteiger partial charge in [-0.15, -0.1) is 4.40 Å². The number of nitrogens with zero attached hydrogens (tertiary/aromatic N) is 1. The van der Waals surface area contributed by atoms with Crippen LogP contribution >= 0.6 is 0 Å². The molecule has 0 unspecified atom stereocenters. The molecule has 150 valence electrons. The van der Waals surface area contributed by atoms with E-state index in [1.54, 1.807) is 30.3 Å². The maximum atomic E-state index is 13.1. The zero-order valence-corrected chi connectivity index (χ0v) is 15.5. The second-order valence-electron chi connectivity index (χ2n) is 5.94. The lowest BCUT2D eigenvalue weighted by molar-refractivity contribution is -0.137. The van der Waals surface area contributed by atoms with Crippen LogP contribution in [0.2, 0.25) is 0 Å². The van der Waals surface area contributed by atoms with E-state index in [9.17, 15) is 26.0 Å². The number of amidine groups is 1. The van der Waals surface area contributed by atoms with Crippen molar-refractivity contribution in [2.45, 2.75) is 11.1 Å². The zero-order chi connectivity index (χ0) is 21.1. The Morgan fingerprint density at radius 3 is 2.14 bits per heavy atom. The van der Waals surface area contributed by atoms with E-state index < -0.39 is 27.6 Å². The minimum absolute atomic E-state index is 0.0109. The van der Waals surface area contributed by atoms with Crippen molar-refractivity contribution in [3.05, 3.63) is 95.8 Å². The number of rotatable bonds is 4. The normalized spacial score (nSPS) is 12.6. The third kappa shape index (κ3) is 5.20. The lowest BCUT2D eigenvalue weighted by atomic mass is 10.1. The van der Waals surface area contributed by atoms with E-state index in [1.165, 1.54) is 12.1 Å². The lowest BCUT2D eigenvalue weighted by Gasteiger charge is -2.13. The average molecular weight is 422 g/mol. The monoisotopic (exact) mass is 422 g/mol. The zero-order valence-electron chi connectivity index (χ0n) is 14.7. The van der Waals surface area contributed by atoms with Crippen molar-refractivity contribution in [2.75, 3.05) is 5.32 Å². The molecule has 0 atom stereocenters. The first-order chi connectivity index (χ1) is 13.6. The third-order valence-electron chi connectivity index (χ3n) is 3.82. The van der Waals surface area contributed by atoms with Crippen molar-refractivity contribution in [3.63, 3.8) is 0 Å². The van der Waals surface area contributed by atoms with Gasteiger partial charge in [-0.3, -0.25) is 0 Å². The van der Waals surface area contributed by atoms with Gasteiger partial charge in [0.1, 0.15) is 5.82 Å². The van der Waals surface area contributed by atoms with Crippen LogP contribution in [0.15, 0.2) is 88.2 Å². The Morgan fingerprint density at radius 2 is 1.52 bits per heavy atom. The highest BCUT2D eigenvalue weighted by molar-refractivity contribution is 7.90. The minimum Gasteiger partial charge on any atom is -0.339 e. The third-order valence-corrected chi connectivity index (χ3v) is 5.11. The molecule has 0 aliphatic heterocycles. The molecule has 0 aliphatic carbocycles. The van der Waals surface area contributed by atoms with E-state index in [-0.39, 0.29) is 16.4 Å². The smallest absolute Gasteiger partial charge is 0.339 e. The molecule has 0 amide bonds. The molecule has 3 aromatic rings. The van der Waals surface area contributed by atoms with Gasteiger partial charge in [0.2, 0.25) is 0 Å². The van der Waals surface area contributed by atoms with Crippen molar-refractivity contribution < 1.29 is 26.0 Å². The Kier molecular flexibility index (Phi) is 5.69. The molecule has 0 aliphatic rings. The van der Waals surface area contributed by atoms with Gasteiger partial charge in [0, 0.05) is 11.3 Å². The van der Waals surface area contributed by atoms with Gasteiger partial charge in [-0.1, -0.05) is 36.4 Å². The number of benzene rings is 3. The van der Waals surface area contributed by atoms with Crippen LogP contribution in [0.25, 0.3) is 0 Å². The molecular formula is C20H14F4N2O2S. The number of sulfonamides is 1. The highest BCUT2D eigenvalue weighted by Gasteiger charge is 2.30. The van der Waals surface area contributed by atoms with Crippen LogP contribution in [0.5, 0.6) is 0 Å². The average Bonchev–Trinajstić information content (AvgIpc) is 2.68. The van der Waals surface area contributed by atoms with Gasteiger partial charge in [-0.2, -0.15) is 21.6 Å². The first kappa shape index (κ1) is 20.5. The van der Waals surface area contributed by atoms with Crippen molar-refractivity contribution in [1.29, 1.82) is 0 Å². The molecule has 3 aromatic carbocycles.